The molecule has 3 unspecified atom stereocenters. The van der Waals surface area contributed by atoms with Crippen LogP contribution in [0.15, 0.2) is 0 Å². The van der Waals surface area contributed by atoms with Crippen molar-refractivity contribution in [2.75, 3.05) is 13.7 Å². The van der Waals surface area contributed by atoms with Crippen LogP contribution in [0.25, 0.3) is 0 Å². The highest BCUT2D eigenvalue weighted by molar-refractivity contribution is 5.82. The number of aliphatic hydroxyl groups is 1. The van der Waals surface area contributed by atoms with Crippen molar-refractivity contribution in [2.24, 2.45) is 5.92 Å². The lowest BCUT2D eigenvalue weighted by Gasteiger charge is -2.40. The molecule has 1 saturated heterocycles. The van der Waals surface area contributed by atoms with Gasteiger partial charge in [0.1, 0.15) is 11.6 Å². The number of rotatable bonds is 1. The highest BCUT2D eigenvalue weighted by Crippen LogP contribution is 2.26. The van der Waals surface area contributed by atoms with Crippen molar-refractivity contribution in [3.63, 3.8) is 0 Å². The van der Waals surface area contributed by atoms with E-state index in [9.17, 15) is 14.7 Å². The quantitative estimate of drug-likeness (QED) is 0.726. The summed E-state index contributed by atoms with van der Waals surface area (Å²) in [5.74, 6) is -0.658. The Morgan fingerprint density at radius 3 is 2.37 bits per heavy atom. The SMILES string of the molecule is COC(=O)C1C(C)CC(O)CN1C(=O)OC(C)(C)C. The number of ether oxygens (including phenoxy) is 2. The zero-order valence-electron chi connectivity index (χ0n) is 12.2. The minimum absolute atomic E-state index is 0.0824. The first-order valence-electron chi connectivity index (χ1n) is 6.41. The molecule has 1 rings (SSSR count). The van der Waals surface area contributed by atoms with Crippen molar-refractivity contribution in [1.29, 1.82) is 0 Å². The van der Waals surface area contributed by atoms with E-state index in [4.69, 9.17) is 9.47 Å². The molecule has 1 amide bonds. The summed E-state index contributed by atoms with van der Waals surface area (Å²) >= 11 is 0. The van der Waals surface area contributed by atoms with Gasteiger partial charge in [-0.05, 0) is 33.1 Å². The number of carbonyl (C=O) groups excluding carboxylic acids is 2. The molecular weight excluding hydrogens is 250 g/mol. The van der Waals surface area contributed by atoms with Crippen molar-refractivity contribution in [3.8, 4) is 0 Å². The third-order valence-electron chi connectivity index (χ3n) is 3.00. The maximum Gasteiger partial charge on any atom is 0.411 e. The van der Waals surface area contributed by atoms with Gasteiger partial charge in [0.15, 0.2) is 0 Å². The van der Waals surface area contributed by atoms with Gasteiger partial charge in [-0.2, -0.15) is 0 Å². The average Bonchev–Trinajstić information content (AvgIpc) is 2.24. The van der Waals surface area contributed by atoms with Gasteiger partial charge in [-0.15, -0.1) is 0 Å². The standard InChI is InChI=1S/C13H23NO5/c1-8-6-9(15)7-14(10(8)11(16)18-5)12(17)19-13(2,3)4/h8-10,15H,6-7H2,1-5H3. The van der Waals surface area contributed by atoms with E-state index in [1.807, 2.05) is 0 Å². The lowest BCUT2D eigenvalue weighted by Crippen LogP contribution is -2.57. The van der Waals surface area contributed by atoms with Crippen molar-refractivity contribution in [1.82, 2.24) is 4.90 Å². The third-order valence-corrected chi connectivity index (χ3v) is 3.00. The number of hydrogen-bond donors (Lipinski definition) is 1. The molecule has 1 N–H and O–H groups in total. The van der Waals surface area contributed by atoms with E-state index in [1.165, 1.54) is 12.0 Å². The van der Waals surface area contributed by atoms with Crippen LogP contribution in [0.4, 0.5) is 4.79 Å². The van der Waals surface area contributed by atoms with Gasteiger partial charge in [-0.25, -0.2) is 9.59 Å². The van der Waals surface area contributed by atoms with Crippen LogP contribution in [0.1, 0.15) is 34.1 Å². The predicted octanol–water partition coefficient (Wildman–Crippen LogP) is 1.17. The van der Waals surface area contributed by atoms with Crippen LogP contribution in [0.5, 0.6) is 0 Å². The summed E-state index contributed by atoms with van der Waals surface area (Å²) in [7, 11) is 1.29. The Morgan fingerprint density at radius 1 is 1.32 bits per heavy atom. The topological polar surface area (TPSA) is 76.1 Å². The maximum absolute atomic E-state index is 12.1. The van der Waals surface area contributed by atoms with E-state index in [-0.39, 0.29) is 12.5 Å². The van der Waals surface area contributed by atoms with E-state index in [0.29, 0.717) is 6.42 Å². The average molecular weight is 273 g/mol. The van der Waals surface area contributed by atoms with Crippen molar-refractivity contribution < 1.29 is 24.2 Å². The summed E-state index contributed by atoms with van der Waals surface area (Å²) in [6.07, 6.45) is -0.795. The molecule has 6 heteroatoms. The Kier molecular flexibility index (Phi) is 4.79. The first-order chi connectivity index (χ1) is 8.65. The zero-order valence-corrected chi connectivity index (χ0v) is 12.2. The summed E-state index contributed by atoms with van der Waals surface area (Å²) in [6, 6.07) is -0.705. The number of aliphatic hydroxyl groups excluding tert-OH is 1. The van der Waals surface area contributed by atoms with E-state index in [2.05, 4.69) is 0 Å². The molecule has 0 aromatic heterocycles. The summed E-state index contributed by atoms with van der Waals surface area (Å²) in [5, 5.41) is 9.77. The Morgan fingerprint density at radius 2 is 1.89 bits per heavy atom. The number of carbonyl (C=O) groups is 2. The zero-order chi connectivity index (χ0) is 14.8. The molecule has 110 valence electrons. The second-order valence-corrected chi connectivity index (χ2v) is 5.97. The Hall–Kier alpha value is -1.30. The Labute approximate surface area is 113 Å². The summed E-state index contributed by atoms with van der Waals surface area (Å²) in [5.41, 5.74) is -0.649. The number of amides is 1. The minimum atomic E-state index is -0.705. The molecular formula is C13H23NO5. The molecule has 1 aliphatic rings. The molecule has 19 heavy (non-hydrogen) atoms. The molecule has 1 aliphatic heterocycles. The first kappa shape index (κ1) is 15.8. The summed E-state index contributed by atoms with van der Waals surface area (Å²) in [6.45, 7) is 7.14. The van der Waals surface area contributed by atoms with E-state index < -0.39 is 29.8 Å². The molecule has 0 saturated carbocycles. The van der Waals surface area contributed by atoms with Crippen LogP contribution in [0.2, 0.25) is 0 Å². The molecule has 1 heterocycles. The van der Waals surface area contributed by atoms with Crippen LogP contribution in [0.3, 0.4) is 0 Å². The van der Waals surface area contributed by atoms with Gasteiger partial charge >= 0.3 is 12.1 Å². The van der Waals surface area contributed by atoms with Gasteiger partial charge in [-0.3, -0.25) is 4.90 Å². The van der Waals surface area contributed by atoms with Crippen LogP contribution in [-0.2, 0) is 14.3 Å². The molecule has 3 atom stereocenters. The minimum Gasteiger partial charge on any atom is -0.467 e. The second-order valence-electron chi connectivity index (χ2n) is 5.97. The molecule has 0 aromatic carbocycles. The normalized spacial score (nSPS) is 27.9. The number of β-amino-alcohol motifs (C(OH)–C–C–N with tert-alkyl or cyclic N) is 1. The van der Waals surface area contributed by atoms with Crippen LogP contribution >= 0.6 is 0 Å². The number of methoxy groups -OCH3 is 1. The van der Waals surface area contributed by atoms with Gasteiger partial charge in [0.05, 0.1) is 19.8 Å². The van der Waals surface area contributed by atoms with Crippen molar-refractivity contribution >= 4 is 12.1 Å². The number of piperidine rings is 1. The fourth-order valence-corrected chi connectivity index (χ4v) is 2.27. The van der Waals surface area contributed by atoms with Crippen LogP contribution < -0.4 is 0 Å². The Bertz CT molecular complexity index is 349. The molecule has 0 bridgehead atoms. The van der Waals surface area contributed by atoms with Gasteiger partial charge in [-0.1, -0.05) is 6.92 Å². The van der Waals surface area contributed by atoms with Crippen LogP contribution in [-0.4, -0.2) is 53.5 Å². The largest absolute Gasteiger partial charge is 0.467 e. The first-order valence-corrected chi connectivity index (χ1v) is 6.41. The predicted molar refractivity (Wildman–Crippen MR) is 68.5 cm³/mol. The van der Waals surface area contributed by atoms with Crippen molar-refractivity contribution in [2.45, 2.75) is 51.9 Å². The smallest absolute Gasteiger partial charge is 0.411 e. The highest BCUT2D eigenvalue weighted by Gasteiger charge is 2.42. The molecule has 0 aromatic rings. The number of likely N-dealkylation sites (tertiary alicyclic amines) is 1. The fourth-order valence-electron chi connectivity index (χ4n) is 2.27. The molecule has 0 aliphatic carbocycles. The van der Waals surface area contributed by atoms with Gasteiger partial charge in [0, 0.05) is 0 Å². The number of esters is 1. The monoisotopic (exact) mass is 273 g/mol. The van der Waals surface area contributed by atoms with E-state index in [1.54, 1.807) is 27.7 Å². The highest BCUT2D eigenvalue weighted by atomic mass is 16.6. The van der Waals surface area contributed by atoms with Crippen molar-refractivity contribution in [3.05, 3.63) is 0 Å². The molecule has 0 spiro atoms. The molecule has 1 fully saturated rings. The lowest BCUT2D eigenvalue weighted by molar-refractivity contribution is -0.152. The van der Waals surface area contributed by atoms with Crippen LogP contribution in [0, 0.1) is 5.92 Å². The van der Waals surface area contributed by atoms with E-state index in [0.717, 1.165) is 0 Å². The fraction of sp³-hybridized carbons (Fsp3) is 0.846. The number of nitrogens with zero attached hydrogens (tertiary/aromatic N) is 1. The lowest BCUT2D eigenvalue weighted by atomic mass is 9.89. The maximum atomic E-state index is 12.1. The van der Waals surface area contributed by atoms with Gasteiger partial charge < -0.3 is 14.6 Å². The molecule has 6 nitrogen and oxygen atoms in total. The van der Waals surface area contributed by atoms with Gasteiger partial charge in [0.2, 0.25) is 0 Å². The second kappa shape index (κ2) is 5.77. The summed E-state index contributed by atoms with van der Waals surface area (Å²) < 4.78 is 10.0. The van der Waals surface area contributed by atoms with E-state index >= 15 is 0 Å². The molecule has 0 radical (unpaired) electrons. The third kappa shape index (κ3) is 4.09. The summed E-state index contributed by atoms with van der Waals surface area (Å²) in [4.78, 5) is 25.2. The van der Waals surface area contributed by atoms with Gasteiger partial charge in [0.25, 0.3) is 0 Å². The number of hydrogen-bond acceptors (Lipinski definition) is 5. The Balaban J connectivity index is 2.91.